The van der Waals surface area contributed by atoms with E-state index >= 15 is 0 Å². The molecule has 0 unspecified atom stereocenters. The highest BCUT2D eigenvalue weighted by atomic mass is 16.2. The van der Waals surface area contributed by atoms with E-state index in [1.807, 2.05) is 12.1 Å². The van der Waals surface area contributed by atoms with E-state index in [0.29, 0.717) is 11.5 Å². The minimum absolute atomic E-state index is 0.212. The van der Waals surface area contributed by atoms with Gasteiger partial charge >= 0.3 is 0 Å². The first-order chi connectivity index (χ1) is 9.63. The van der Waals surface area contributed by atoms with Crippen LogP contribution < -0.4 is 11.3 Å². The van der Waals surface area contributed by atoms with Crippen LogP contribution in [0.25, 0.3) is 10.9 Å². The molecule has 2 aromatic rings. The summed E-state index contributed by atoms with van der Waals surface area (Å²) in [4.78, 5) is 17.0. The fourth-order valence-corrected chi connectivity index (χ4v) is 3.10. The van der Waals surface area contributed by atoms with Crippen molar-refractivity contribution in [3.05, 3.63) is 40.6 Å². The van der Waals surface area contributed by atoms with Gasteiger partial charge in [0.2, 0.25) is 0 Å². The maximum atomic E-state index is 12.2. The molecule has 0 bridgehead atoms. The van der Waals surface area contributed by atoms with E-state index in [1.54, 1.807) is 0 Å². The molecule has 104 valence electrons. The molecule has 3 N–H and O–H groups in total. The molecule has 1 amide bonds. The van der Waals surface area contributed by atoms with E-state index in [9.17, 15) is 4.79 Å². The number of para-hydroxylation sites is 1. The van der Waals surface area contributed by atoms with Gasteiger partial charge in [0.1, 0.15) is 0 Å². The minimum atomic E-state index is -0.212. The van der Waals surface area contributed by atoms with Crippen LogP contribution >= 0.6 is 0 Å². The molecule has 1 aliphatic rings. The third kappa shape index (κ3) is 1.88. The van der Waals surface area contributed by atoms with Gasteiger partial charge in [0, 0.05) is 11.1 Å². The summed E-state index contributed by atoms with van der Waals surface area (Å²) in [5.74, 6) is 5.53. The van der Waals surface area contributed by atoms with Gasteiger partial charge in [0.05, 0.1) is 11.1 Å². The Morgan fingerprint density at radius 3 is 2.85 bits per heavy atom. The van der Waals surface area contributed by atoms with E-state index in [0.717, 1.165) is 41.4 Å². The number of nitrogens with zero attached hydrogens (tertiary/aromatic N) is 1. The molecule has 0 spiro atoms. The van der Waals surface area contributed by atoms with Gasteiger partial charge in [-0.15, -0.1) is 0 Å². The maximum absolute atomic E-state index is 12.2. The van der Waals surface area contributed by atoms with Crippen molar-refractivity contribution in [2.75, 3.05) is 0 Å². The number of aryl methyl sites for hydroxylation is 1. The highest BCUT2D eigenvalue weighted by Gasteiger charge is 2.24. The Balaban J connectivity index is 2.40. The van der Waals surface area contributed by atoms with Crippen LogP contribution in [0.4, 0.5) is 0 Å². The Labute approximate surface area is 118 Å². The summed E-state index contributed by atoms with van der Waals surface area (Å²) in [5.41, 5.74) is 7.26. The molecule has 20 heavy (non-hydrogen) atoms. The second-order valence-electron chi connectivity index (χ2n) is 5.64. The largest absolute Gasteiger partial charge is 0.290 e. The number of nitrogens with two attached hydrogens (primary N) is 1. The SMILES string of the molecule is CC(C)c1cccc2c(C(=O)NN)c3c(nc12)CCC3. The summed E-state index contributed by atoms with van der Waals surface area (Å²) < 4.78 is 0. The molecule has 0 radical (unpaired) electrons. The van der Waals surface area contributed by atoms with Gasteiger partial charge in [0.25, 0.3) is 5.91 Å². The summed E-state index contributed by atoms with van der Waals surface area (Å²) >= 11 is 0. The summed E-state index contributed by atoms with van der Waals surface area (Å²) in [6.07, 6.45) is 2.91. The smallest absolute Gasteiger partial charge is 0.266 e. The molecular weight excluding hydrogens is 250 g/mol. The van der Waals surface area contributed by atoms with Crippen molar-refractivity contribution < 1.29 is 4.79 Å². The standard InChI is InChI=1S/C16H19N3O/c1-9(2)10-5-3-7-12-14(16(20)19-17)11-6-4-8-13(11)18-15(10)12/h3,5,7,9H,4,6,8,17H2,1-2H3,(H,19,20). The number of fused-ring (bicyclic) bond motifs is 2. The van der Waals surface area contributed by atoms with E-state index in [2.05, 4.69) is 25.3 Å². The average molecular weight is 269 g/mol. The van der Waals surface area contributed by atoms with E-state index in [-0.39, 0.29) is 5.91 Å². The van der Waals surface area contributed by atoms with Crippen LogP contribution in [-0.4, -0.2) is 10.9 Å². The number of aromatic nitrogens is 1. The topological polar surface area (TPSA) is 68.0 Å². The van der Waals surface area contributed by atoms with Crippen molar-refractivity contribution >= 4 is 16.8 Å². The van der Waals surface area contributed by atoms with Gasteiger partial charge < -0.3 is 0 Å². The summed E-state index contributed by atoms with van der Waals surface area (Å²) in [5, 5.41) is 0.916. The molecule has 4 nitrogen and oxygen atoms in total. The molecule has 0 aliphatic heterocycles. The van der Waals surface area contributed by atoms with E-state index in [1.165, 1.54) is 5.56 Å². The second kappa shape index (κ2) is 4.87. The Morgan fingerprint density at radius 1 is 1.35 bits per heavy atom. The zero-order valence-electron chi connectivity index (χ0n) is 11.9. The fourth-order valence-electron chi connectivity index (χ4n) is 3.10. The molecule has 1 aromatic carbocycles. The molecule has 0 saturated heterocycles. The number of carbonyl (C=O) groups is 1. The Kier molecular flexibility index (Phi) is 3.18. The first-order valence-corrected chi connectivity index (χ1v) is 7.08. The van der Waals surface area contributed by atoms with Crippen LogP contribution in [0.3, 0.4) is 0 Å². The zero-order valence-corrected chi connectivity index (χ0v) is 11.9. The van der Waals surface area contributed by atoms with Crippen LogP contribution in [0.15, 0.2) is 18.2 Å². The van der Waals surface area contributed by atoms with Crippen LogP contribution in [0.1, 0.15) is 53.4 Å². The molecule has 0 saturated carbocycles. The number of hydrogen-bond donors (Lipinski definition) is 2. The lowest BCUT2D eigenvalue weighted by molar-refractivity contribution is 0.0954. The van der Waals surface area contributed by atoms with E-state index in [4.69, 9.17) is 10.8 Å². The van der Waals surface area contributed by atoms with E-state index < -0.39 is 0 Å². The first kappa shape index (κ1) is 13.1. The number of nitrogen functional groups attached to an aromatic ring is 1. The van der Waals surface area contributed by atoms with Crippen molar-refractivity contribution in [2.45, 2.75) is 39.0 Å². The number of hydrazine groups is 1. The molecule has 0 fully saturated rings. The molecule has 3 rings (SSSR count). The highest BCUT2D eigenvalue weighted by molar-refractivity contribution is 6.08. The van der Waals surface area contributed by atoms with Gasteiger partial charge in [-0.05, 0) is 36.3 Å². The molecule has 1 aromatic heterocycles. The lowest BCUT2D eigenvalue weighted by Crippen LogP contribution is -2.31. The molecule has 0 atom stereocenters. The van der Waals surface area contributed by atoms with Gasteiger partial charge in [-0.2, -0.15) is 0 Å². The minimum Gasteiger partial charge on any atom is -0.290 e. The van der Waals surface area contributed by atoms with Gasteiger partial charge in [-0.3, -0.25) is 15.2 Å². The molecule has 1 heterocycles. The van der Waals surface area contributed by atoms with Crippen LogP contribution in [0.2, 0.25) is 0 Å². The zero-order chi connectivity index (χ0) is 14.3. The van der Waals surface area contributed by atoms with Gasteiger partial charge in [-0.25, -0.2) is 5.84 Å². The predicted octanol–water partition coefficient (Wildman–Crippen LogP) is 2.45. The predicted molar refractivity (Wildman–Crippen MR) is 79.5 cm³/mol. The van der Waals surface area contributed by atoms with Crippen LogP contribution in [-0.2, 0) is 12.8 Å². The summed E-state index contributed by atoms with van der Waals surface area (Å²) in [7, 11) is 0. The van der Waals surface area contributed by atoms with Crippen molar-refractivity contribution in [3.8, 4) is 0 Å². The molecule has 1 aliphatic carbocycles. The lowest BCUT2D eigenvalue weighted by Gasteiger charge is -2.15. The number of rotatable bonds is 2. The average Bonchev–Trinajstić information content (AvgIpc) is 2.90. The van der Waals surface area contributed by atoms with Crippen LogP contribution in [0.5, 0.6) is 0 Å². The highest BCUT2D eigenvalue weighted by Crippen LogP contribution is 2.33. The number of amides is 1. The second-order valence-corrected chi connectivity index (χ2v) is 5.64. The number of hydrogen-bond acceptors (Lipinski definition) is 3. The maximum Gasteiger partial charge on any atom is 0.266 e. The summed E-state index contributed by atoms with van der Waals surface area (Å²) in [6, 6.07) is 6.05. The molecular formula is C16H19N3O. The lowest BCUT2D eigenvalue weighted by atomic mass is 9.94. The van der Waals surface area contributed by atoms with Crippen molar-refractivity contribution in [3.63, 3.8) is 0 Å². The van der Waals surface area contributed by atoms with Crippen LogP contribution in [0, 0.1) is 0 Å². The third-order valence-corrected chi connectivity index (χ3v) is 4.05. The Morgan fingerprint density at radius 2 is 2.15 bits per heavy atom. The van der Waals surface area contributed by atoms with Crippen molar-refractivity contribution in [1.82, 2.24) is 10.4 Å². The monoisotopic (exact) mass is 269 g/mol. The fraction of sp³-hybridized carbons (Fsp3) is 0.375. The Hall–Kier alpha value is -1.94. The van der Waals surface area contributed by atoms with Crippen molar-refractivity contribution in [2.24, 2.45) is 5.84 Å². The quantitative estimate of drug-likeness (QED) is 0.500. The third-order valence-electron chi connectivity index (χ3n) is 4.05. The van der Waals surface area contributed by atoms with Crippen molar-refractivity contribution in [1.29, 1.82) is 0 Å². The van der Waals surface area contributed by atoms with Gasteiger partial charge in [-0.1, -0.05) is 32.0 Å². The number of pyridine rings is 1. The summed E-state index contributed by atoms with van der Waals surface area (Å²) in [6.45, 7) is 4.29. The Bertz CT molecular complexity index is 692. The van der Waals surface area contributed by atoms with Gasteiger partial charge in [0.15, 0.2) is 0 Å². The number of carbonyl (C=O) groups excluding carboxylic acids is 1. The number of nitrogens with one attached hydrogen (secondary N) is 1. The first-order valence-electron chi connectivity index (χ1n) is 7.08. The number of benzene rings is 1. The normalized spacial score (nSPS) is 13.8. The molecule has 4 heteroatoms.